The van der Waals surface area contributed by atoms with E-state index in [1.54, 1.807) is 27.7 Å². The number of rotatable bonds is 13. The molecule has 0 fully saturated rings. The zero-order valence-corrected chi connectivity index (χ0v) is 16.4. The van der Waals surface area contributed by atoms with Crippen molar-refractivity contribution in [2.45, 2.75) is 51.7 Å². The molecule has 0 aromatic rings. The van der Waals surface area contributed by atoms with Crippen LogP contribution >= 0.6 is 15.5 Å². The van der Waals surface area contributed by atoms with E-state index in [1.165, 1.54) is 0 Å². The van der Waals surface area contributed by atoms with Crippen molar-refractivity contribution in [2.24, 2.45) is 11.0 Å². The summed E-state index contributed by atoms with van der Waals surface area (Å²) in [6.45, 7) is 7.84. The maximum Gasteiger partial charge on any atom is 0.400 e. The first kappa shape index (κ1) is 24.1. The highest BCUT2D eigenvalue weighted by Gasteiger charge is 2.28. The van der Waals surface area contributed by atoms with Crippen molar-refractivity contribution in [1.29, 1.82) is 0 Å². The molecule has 0 rings (SSSR count). The average Bonchev–Trinajstić information content (AvgIpc) is 2.25. The first-order chi connectivity index (χ1) is 10.6. The molecule has 146 valence electrons. The Kier molecular flexibility index (Phi) is 9.79. The van der Waals surface area contributed by atoms with Gasteiger partial charge in [0.05, 0.1) is 24.4 Å². The second kappa shape index (κ2) is 9.73. The van der Waals surface area contributed by atoms with E-state index < -0.39 is 26.7 Å². The Morgan fingerprint density at radius 2 is 1.04 bits per heavy atom. The normalized spacial score (nSPS) is 18.2. The van der Waals surface area contributed by atoms with Gasteiger partial charge >= 0.3 is 15.5 Å². The smallest absolute Gasteiger partial charge is 0.379 e. The second-order valence-corrected chi connectivity index (χ2v) is 9.18. The predicted octanol–water partition coefficient (Wildman–Crippen LogP) is 1.51. The van der Waals surface area contributed by atoms with E-state index in [9.17, 15) is 9.13 Å². The van der Waals surface area contributed by atoms with Crippen molar-refractivity contribution in [2.75, 3.05) is 26.4 Å². The van der Waals surface area contributed by atoms with E-state index in [4.69, 9.17) is 39.3 Å². The molecule has 2 unspecified atom stereocenters. The Morgan fingerprint density at radius 1 is 0.750 bits per heavy atom. The zero-order valence-electron chi connectivity index (χ0n) is 14.6. The topological polar surface area (TPSA) is 164 Å². The standard InChI is InChI=1S/C12H30N2O8P2/c1-11(2,21-23(13,15)16)5-7-19-9-10-20-8-6-12(3,4)22-24(14,17)18/h5-10H2,1-4H3,(H3,13,15,16)(H3,14,17,18). The molecule has 12 heteroatoms. The van der Waals surface area contributed by atoms with Crippen LogP contribution in [0.25, 0.3) is 0 Å². The summed E-state index contributed by atoms with van der Waals surface area (Å²) in [6.07, 6.45) is 0.774. The third kappa shape index (κ3) is 15.7. The number of hydrogen-bond donors (Lipinski definition) is 4. The molecule has 10 nitrogen and oxygen atoms in total. The minimum absolute atomic E-state index is 0.311. The zero-order chi connectivity index (χ0) is 19.1. The lowest BCUT2D eigenvalue weighted by Gasteiger charge is -2.26. The van der Waals surface area contributed by atoms with Gasteiger partial charge in [-0.15, -0.1) is 0 Å². The highest BCUT2D eigenvalue weighted by molar-refractivity contribution is 7.50. The monoisotopic (exact) mass is 392 g/mol. The van der Waals surface area contributed by atoms with Crippen molar-refractivity contribution < 1.29 is 37.4 Å². The summed E-state index contributed by atoms with van der Waals surface area (Å²) in [5, 5.41) is 0. The Bertz CT molecular complexity index is 418. The van der Waals surface area contributed by atoms with Crippen LogP contribution in [-0.2, 0) is 27.7 Å². The molecule has 0 saturated carbocycles. The van der Waals surface area contributed by atoms with Gasteiger partial charge in [0.2, 0.25) is 0 Å². The molecule has 0 aliphatic heterocycles. The van der Waals surface area contributed by atoms with Crippen LogP contribution in [0, 0.1) is 0 Å². The maximum absolute atomic E-state index is 11.0. The molecule has 0 radical (unpaired) electrons. The maximum atomic E-state index is 11.0. The second-order valence-electron chi connectivity index (χ2n) is 6.55. The van der Waals surface area contributed by atoms with Gasteiger partial charge in [0, 0.05) is 13.2 Å². The minimum Gasteiger partial charge on any atom is -0.379 e. The third-order valence-electron chi connectivity index (χ3n) is 2.82. The Balaban J connectivity index is 3.75. The first-order valence-corrected chi connectivity index (χ1v) is 10.7. The summed E-state index contributed by atoms with van der Waals surface area (Å²) >= 11 is 0. The highest BCUT2D eigenvalue weighted by atomic mass is 31.2. The van der Waals surface area contributed by atoms with Crippen molar-refractivity contribution in [1.82, 2.24) is 0 Å². The van der Waals surface area contributed by atoms with Crippen molar-refractivity contribution in [3.05, 3.63) is 0 Å². The van der Waals surface area contributed by atoms with E-state index >= 15 is 0 Å². The lowest BCUT2D eigenvalue weighted by molar-refractivity contribution is -0.000657. The summed E-state index contributed by atoms with van der Waals surface area (Å²) < 4.78 is 42.4. The fourth-order valence-corrected chi connectivity index (χ4v) is 3.36. The van der Waals surface area contributed by atoms with E-state index in [0.29, 0.717) is 39.3 Å². The van der Waals surface area contributed by atoms with Gasteiger partial charge < -0.3 is 19.3 Å². The molecule has 0 spiro atoms. The molecule has 2 atom stereocenters. The Hall–Kier alpha value is 0.140. The Morgan fingerprint density at radius 3 is 1.29 bits per heavy atom. The van der Waals surface area contributed by atoms with Crippen molar-refractivity contribution in [3.63, 3.8) is 0 Å². The first-order valence-electron chi connectivity index (χ1n) is 7.42. The quantitative estimate of drug-likeness (QED) is 0.267. The molecule has 0 amide bonds. The average molecular weight is 392 g/mol. The highest BCUT2D eigenvalue weighted by Crippen LogP contribution is 2.39. The molecule has 0 heterocycles. The molecule has 0 aromatic heterocycles. The van der Waals surface area contributed by atoms with Crippen LogP contribution in [0.3, 0.4) is 0 Å². The van der Waals surface area contributed by atoms with Gasteiger partial charge in [-0.05, 0) is 40.5 Å². The van der Waals surface area contributed by atoms with Gasteiger partial charge in [-0.2, -0.15) is 0 Å². The van der Waals surface area contributed by atoms with Crippen LogP contribution in [0.1, 0.15) is 40.5 Å². The van der Waals surface area contributed by atoms with Gasteiger partial charge in [0.25, 0.3) is 0 Å². The van der Waals surface area contributed by atoms with Crippen LogP contribution in [0.5, 0.6) is 0 Å². The summed E-state index contributed by atoms with van der Waals surface area (Å²) in [6, 6.07) is 0. The lowest BCUT2D eigenvalue weighted by atomic mass is 10.1. The summed E-state index contributed by atoms with van der Waals surface area (Å²) in [4.78, 5) is 18.0. The van der Waals surface area contributed by atoms with Crippen LogP contribution in [0.2, 0.25) is 0 Å². The van der Waals surface area contributed by atoms with E-state index in [-0.39, 0.29) is 0 Å². The van der Waals surface area contributed by atoms with Gasteiger partial charge in [0.15, 0.2) is 0 Å². The number of ether oxygens (including phenoxy) is 2. The largest absolute Gasteiger partial charge is 0.400 e. The molecule has 0 bridgehead atoms. The van der Waals surface area contributed by atoms with E-state index in [1.807, 2.05) is 0 Å². The number of nitrogens with two attached hydrogens (primary N) is 2. The molecule has 0 aliphatic rings. The molecule has 0 aromatic carbocycles. The molecular weight excluding hydrogens is 362 g/mol. The molecule has 0 aliphatic carbocycles. The fourth-order valence-electron chi connectivity index (χ4n) is 1.76. The van der Waals surface area contributed by atoms with Crippen LogP contribution in [-0.4, -0.2) is 47.4 Å². The van der Waals surface area contributed by atoms with Gasteiger partial charge in [-0.1, -0.05) is 0 Å². The molecular formula is C12H30N2O8P2. The van der Waals surface area contributed by atoms with Crippen molar-refractivity contribution in [3.8, 4) is 0 Å². The molecule has 24 heavy (non-hydrogen) atoms. The summed E-state index contributed by atoms with van der Waals surface area (Å²) in [7, 11) is -8.06. The minimum atomic E-state index is -4.03. The van der Waals surface area contributed by atoms with Gasteiger partial charge in [-0.3, -0.25) is 9.05 Å². The van der Waals surface area contributed by atoms with E-state index in [2.05, 4.69) is 0 Å². The predicted molar refractivity (Wildman–Crippen MR) is 89.2 cm³/mol. The molecule has 6 N–H and O–H groups in total. The fraction of sp³-hybridized carbons (Fsp3) is 1.00. The number of hydrogen-bond acceptors (Lipinski definition) is 6. The summed E-state index contributed by atoms with van der Waals surface area (Å²) in [5.74, 6) is 0. The third-order valence-corrected chi connectivity index (χ3v) is 4.34. The SMILES string of the molecule is CC(C)(CCOCCOCCC(C)(C)OP(N)(=O)O)OP(N)(=O)O. The van der Waals surface area contributed by atoms with Gasteiger partial charge in [-0.25, -0.2) is 20.1 Å². The van der Waals surface area contributed by atoms with Crippen LogP contribution in [0.4, 0.5) is 0 Å². The van der Waals surface area contributed by atoms with Crippen molar-refractivity contribution >= 4 is 15.5 Å². The van der Waals surface area contributed by atoms with Gasteiger partial charge in [0.1, 0.15) is 0 Å². The lowest BCUT2D eigenvalue weighted by Crippen LogP contribution is -2.27. The van der Waals surface area contributed by atoms with Crippen LogP contribution in [0.15, 0.2) is 0 Å². The van der Waals surface area contributed by atoms with E-state index in [0.717, 1.165) is 0 Å². The summed E-state index contributed by atoms with van der Waals surface area (Å²) in [5.41, 5.74) is 8.17. The van der Waals surface area contributed by atoms with Crippen LogP contribution < -0.4 is 11.0 Å². The molecule has 0 saturated heterocycles. The Labute approximate surface area is 143 Å².